The van der Waals surface area contributed by atoms with E-state index in [9.17, 15) is 0 Å². The van der Waals surface area contributed by atoms with Crippen molar-refractivity contribution in [3.05, 3.63) is 58.6 Å². The van der Waals surface area contributed by atoms with Gasteiger partial charge in [-0.25, -0.2) is 9.97 Å². The smallest absolute Gasteiger partial charge is 0.171 e. The van der Waals surface area contributed by atoms with E-state index in [-0.39, 0.29) is 0 Å². The van der Waals surface area contributed by atoms with E-state index in [2.05, 4.69) is 66.8 Å². The Morgan fingerprint density at radius 3 is 2.45 bits per heavy atom. The van der Waals surface area contributed by atoms with Crippen molar-refractivity contribution in [2.45, 2.75) is 27.2 Å². The molecule has 3 rings (SSSR count). The van der Waals surface area contributed by atoms with Crippen molar-refractivity contribution in [2.24, 2.45) is 0 Å². The maximum absolute atomic E-state index is 4.75. The molecular formula is C18H19N3S. The zero-order valence-corrected chi connectivity index (χ0v) is 13.9. The summed E-state index contributed by atoms with van der Waals surface area (Å²) < 4.78 is 0. The van der Waals surface area contributed by atoms with Gasteiger partial charge in [0.1, 0.15) is 5.82 Å². The molecule has 1 N–H and O–H groups in total. The lowest BCUT2D eigenvalue weighted by Crippen LogP contribution is -2.04. The molecule has 3 nitrogen and oxygen atoms in total. The monoisotopic (exact) mass is 309 g/mol. The Morgan fingerprint density at radius 2 is 1.82 bits per heavy atom. The van der Waals surface area contributed by atoms with E-state index in [0.29, 0.717) is 0 Å². The second-order valence-corrected chi connectivity index (χ2v) is 6.23. The number of aryl methyl sites for hydroxylation is 2. The highest BCUT2D eigenvalue weighted by Crippen LogP contribution is 2.27. The van der Waals surface area contributed by atoms with E-state index in [1.54, 1.807) is 11.3 Å². The van der Waals surface area contributed by atoms with Gasteiger partial charge in [-0.05, 0) is 43.8 Å². The molecule has 4 heteroatoms. The maximum atomic E-state index is 4.75. The second kappa shape index (κ2) is 6.28. The first-order valence-electron chi connectivity index (χ1n) is 7.42. The summed E-state index contributed by atoms with van der Waals surface area (Å²) in [5.74, 6) is 1.70. The molecule has 0 fully saturated rings. The fourth-order valence-corrected chi connectivity index (χ4v) is 3.07. The molecular weight excluding hydrogens is 290 g/mol. The van der Waals surface area contributed by atoms with Gasteiger partial charge in [-0.1, -0.05) is 30.7 Å². The third-order valence-electron chi connectivity index (χ3n) is 3.62. The number of hydrogen-bond donors (Lipinski definition) is 1. The largest absolute Gasteiger partial charge is 0.340 e. The molecule has 0 amide bonds. The highest BCUT2D eigenvalue weighted by Gasteiger charge is 2.12. The van der Waals surface area contributed by atoms with E-state index in [4.69, 9.17) is 4.98 Å². The fraction of sp³-hybridized carbons (Fsp3) is 0.222. The summed E-state index contributed by atoms with van der Waals surface area (Å²) in [6.45, 7) is 6.28. The van der Waals surface area contributed by atoms with Crippen LogP contribution in [-0.4, -0.2) is 9.97 Å². The molecule has 0 spiro atoms. The molecule has 0 radical (unpaired) electrons. The maximum Gasteiger partial charge on any atom is 0.171 e. The van der Waals surface area contributed by atoms with Crippen molar-refractivity contribution in [1.82, 2.24) is 9.97 Å². The molecule has 3 aromatic rings. The van der Waals surface area contributed by atoms with Crippen LogP contribution in [0.25, 0.3) is 10.7 Å². The van der Waals surface area contributed by atoms with E-state index in [1.165, 1.54) is 11.1 Å². The summed E-state index contributed by atoms with van der Waals surface area (Å²) in [7, 11) is 0. The lowest BCUT2D eigenvalue weighted by Gasteiger charge is -2.13. The number of rotatable bonds is 4. The van der Waals surface area contributed by atoms with Gasteiger partial charge >= 0.3 is 0 Å². The van der Waals surface area contributed by atoms with Crippen LogP contribution in [0.4, 0.5) is 11.5 Å². The number of aromatic nitrogens is 2. The summed E-state index contributed by atoms with van der Waals surface area (Å²) >= 11 is 1.66. The average molecular weight is 309 g/mol. The zero-order valence-electron chi connectivity index (χ0n) is 13.1. The highest BCUT2D eigenvalue weighted by atomic mass is 32.1. The summed E-state index contributed by atoms with van der Waals surface area (Å²) in [5, 5.41) is 5.50. The number of thiophene rings is 1. The minimum absolute atomic E-state index is 0.791. The molecule has 0 bridgehead atoms. The summed E-state index contributed by atoms with van der Waals surface area (Å²) in [5.41, 5.74) is 4.51. The van der Waals surface area contributed by atoms with E-state index in [1.807, 2.05) is 6.07 Å². The Labute approximate surface area is 135 Å². The van der Waals surface area contributed by atoms with E-state index in [0.717, 1.165) is 34.3 Å². The van der Waals surface area contributed by atoms with E-state index >= 15 is 0 Å². The van der Waals surface area contributed by atoms with Crippen molar-refractivity contribution < 1.29 is 0 Å². The molecule has 2 heterocycles. The van der Waals surface area contributed by atoms with Crippen LogP contribution in [0.5, 0.6) is 0 Å². The van der Waals surface area contributed by atoms with Gasteiger partial charge in [-0.3, -0.25) is 0 Å². The molecule has 0 saturated carbocycles. The first-order valence-corrected chi connectivity index (χ1v) is 8.30. The van der Waals surface area contributed by atoms with Crippen molar-refractivity contribution in [2.75, 3.05) is 5.32 Å². The number of hydrogen-bond acceptors (Lipinski definition) is 4. The predicted molar refractivity (Wildman–Crippen MR) is 93.9 cm³/mol. The van der Waals surface area contributed by atoms with Crippen LogP contribution in [0.3, 0.4) is 0 Å². The van der Waals surface area contributed by atoms with E-state index < -0.39 is 0 Å². The second-order valence-electron chi connectivity index (χ2n) is 5.28. The Morgan fingerprint density at radius 1 is 1.05 bits per heavy atom. The van der Waals surface area contributed by atoms with Gasteiger partial charge in [0.25, 0.3) is 0 Å². The van der Waals surface area contributed by atoms with Crippen molar-refractivity contribution in [3.63, 3.8) is 0 Å². The van der Waals surface area contributed by atoms with Crippen LogP contribution >= 0.6 is 11.3 Å². The zero-order chi connectivity index (χ0) is 15.5. The van der Waals surface area contributed by atoms with Crippen LogP contribution in [0.2, 0.25) is 0 Å². The van der Waals surface area contributed by atoms with Gasteiger partial charge in [0.2, 0.25) is 0 Å². The van der Waals surface area contributed by atoms with Crippen molar-refractivity contribution in [3.8, 4) is 10.7 Å². The number of nitrogens with one attached hydrogen (secondary N) is 1. The summed E-state index contributed by atoms with van der Waals surface area (Å²) in [4.78, 5) is 10.5. The Hall–Kier alpha value is -2.20. The van der Waals surface area contributed by atoms with Crippen LogP contribution in [0, 0.1) is 13.8 Å². The Kier molecular flexibility index (Phi) is 4.20. The normalized spacial score (nSPS) is 10.7. The lowest BCUT2D eigenvalue weighted by atomic mass is 10.1. The van der Waals surface area contributed by atoms with Crippen molar-refractivity contribution >= 4 is 22.8 Å². The molecule has 0 atom stereocenters. The van der Waals surface area contributed by atoms with Crippen LogP contribution < -0.4 is 5.32 Å². The standard InChI is InChI=1S/C18H19N3S/c1-4-15-13(3)19-18(16-6-5-11-22-16)21-17(15)20-14-9-7-12(2)8-10-14/h5-11H,4H2,1-3H3,(H,19,20,21). The first-order chi connectivity index (χ1) is 10.7. The first kappa shape index (κ1) is 14.7. The summed E-state index contributed by atoms with van der Waals surface area (Å²) in [6, 6.07) is 12.4. The third-order valence-corrected chi connectivity index (χ3v) is 4.49. The van der Waals surface area contributed by atoms with Gasteiger partial charge < -0.3 is 5.32 Å². The molecule has 2 aromatic heterocycles. The van der Waals surface area contributed by atoms with Crippen LogP contribution in [0.15, 0.2) is 41.8 Å². The molecule has 112 valence electrons. The van der Waals surface area contributed by atoms with Crippen LogP contribution in [-0.2, 0) is 6.42 Å². The highest BCUT2D eigenvalue weighted by molar-refractivity contribution is 7.13. The molecule has 0 aliphatic rings. The van der Waals surface area contributed by atoms with Gasteiger partial charge in [0, 0.05) is 16.9 Å². The number of nitrogens with zero attached hydrogens (tertiary/aromatic N) is 2. The minimum atomic E-state index is 0.791. The van der Waals surface area contributed by atoms with Crippen LogP contribution in [0.1, 0.15) is 23.7 Å². The van der Waals surface area contributed by atoms with Gasteiger partial charge in [0.15, 0.2) is 5.82 Å². The number of anilines is 2. The molecule has 1 aromatic carbocycles. The predicted octanol–water partition coefficient (Wildman–Crippen LogP) is 5.13. The lowest BCUT2D eigenvalue weighted by molar-refractivity contribution is 1.01. The van der Waals surface area contributed by atoms with Gasteiger partial charge in [-0.15, -0.1) is 11.3 Å². The molecule has 0 saturated heterocycles. The van der Waals surface area contributed by atoms with Crippen molar-refractivity contribution in [1.29, 1.82) is 0 Å². The van der Waals surface area contributed by atoms with Gasteiger partial charge in [-0.2, -0.15) is 0 Å². The molecule has 0 aliphatic heterocycles. The molecule has 22 heavy (non-hydrogen) atoms. The fourth-order valence-electron chi connectivity index (χ4n) is 2.41. The number of benzene rings is 1. The molecule has 0 unspecified atom stereocenters. The van der Waals surface area contributed by atoms with Gasteiger partial charge in [0.05, 0.1) is 4.88 Å². The third kappa shape index (κ3) is 3.02. The Balaban J connectivity index is 2.02. The average Bonchev–Trinajstić information content (AvgIpc) is 3.04. The Bertz CT molecular complexity index is 762. The topological polar surface area (TPSA) is 37.8 Å². The SMILES string of the molecule is CCc1c(C)nc(-c2cccs2)nc1Nc1ccc(C)cc1. The molecule has 0 aliphatic carbocycles. The summed E-state index contributed by atoms with van der Waals surface area (Å²) in [6.07, 6.45) is 0.907. The minimum Gasteiger partial charge on any atom is -0.340 e. The quantitative estimate of drug-likeness (QED) is 0.726.